The molecule has 0 radical (unpaired) electrons. The van der Waals surface area contributed by atoms with E-state index in [0.29, 0.717) is 5.54 Å². The Bertz CT molecular complexity index is 354. The Morgan fingerprint density at radius 1 is 1.12 bits per heavy atom. The van der Waals surface area contributed by atoms with Crippen LogP contribution in [0, 0.1) is 0 Å². The monoisotopic (exact) mass is 230 g/mol. The summed E-state index contributed by atoms with van der Waals surface area (Å²) in [7, 11) is 0. The van der Waals surface area contributed by atoms with Gasteiger partial charge in [0.15, 0.2) is 0 Å². The number of nitrogens with one attached hydrogen (secondary N) is 1. The number of piperidine rings is 1. The fraction of sp³-hybridized carbons (Fsp3) is 0.600. The van der Waals surface area contributed by atoms with Crippen LogP contribution in [0.2, 0.25) is 0 Å². The SMILES string of the molecule is c1ccc(CN2CCCC[C@@]23CCNC3)cc1. The molecule has 2 aliphatic heterocycles. The van der Waals surface area contributed by atoms with Crippen molar-refractivity contribution in [3.8, 4) is 0 Å². The molecule has 2 saturated heterocycles. The van der Waals surface area contributed by atoms with Crippen LogP contribution >= 0.6 is 0 Å². The molecule has 0 unspecified atom stereocenters. The molecule has 2 heterocycles. The van der Waals surface area contributed by atoms with Gasteiger partial charge in [-0.3, -0.25) is 4.90 Å². The van der Waals surface area contributed by atoms with E-state index in [2.05, 4.69) is 40.5 Å². The van der Waals surface area contributed by atoms with Crippen molar-refractivity contribution in [2.24, 2.45) is 0 Å². The molecule has 2 nitrogen and oxygen atoms in total. The predicted octanol–water partition coefficient (Wildman–Crippen LogP) is 2.40. The minimum absolute atomic E-state index is 0.466. The molecule has 92 valence electrons. The van der Waals surface area contributed by atoms with Crippen LogP contribution in [0.3, 0.4) is 0 Å². The highest BCUT2D eigenvalue weighted by Crippen LogP contribution is 2.34. The van der Waals surface area contributed by atoms with Crippen LogP contribution in [0.1, 0.15) is 31.2 Å². The van der Waals surface area contributed by atoms with Crippen molar-refractivity contribution < 1.29 is 0 Å². The van der Waals surface area contributed by atoms with Crippen molar-refractivity contribution in [3.05, 3.63) is 35.9 Å². The van der Waals surface area contributed by atoms with Crippen molar-refractivity contribution in [1.82, 2.24) is 10.2 Å². The Morgan fingerprint density at radius 3 is 2.76 bits per heavy atom. The Labute approximate surface area is 104 Å². The number of likely N-dealkylation sites (tertiary alicyclic amines) is 1. The van der Waals surface area contributed by atoms with E-state index < -0.39 is 0 Å². The first kappa shape index (κ1) is 11.2. The molecule has 17 heavy (non-hydrogen) atoms. The quantitative estimate of drug-likeness (QED) is 0.839. The molecule has 1 N–H and O–H groups in total. The molecular formula is C15H22N2. The van der Waals surface area contributed by atoms with Crippen molar-refractivity contribution >= 4 is 0 Å². The molecule has 2 heteroatoms. The van der Waals surface area contributed by atoms with Gasteiger partial charge in [0.2, 0.25) is 0 Å². The normalized spacial score (nSPS) is 29.9. The van der Waals surface area contributed by atoms with Gasteiger partial charge < -0.3 is 5.32 Å². The maximum atomic E-state index is 3.56. The average molecular weight is 230 g/mol. The fourth-order valence-corrected chi connectivity index (χ4v) is 3.42. The fourth-order valence-electron chi connectivity index (χ4n) is 3.42. The zero-order valence-corrected chi connectivity index (χ0v) is 10.5. The van der Waals surface area contributed by atoms with Crippen LogP contribution in [-0.2, 0) is 6.54 Å². The van der Waals surface area contributed by atoms with Crippen molar-refractivity contribution in [2.75, 3.05) is 19.6 Å². The lowest BCUT2D eigenvalue weighted by molar-refractivity contribution is 0.0546. The van der Waals surface area contributed by atoms with Gasteiger partial charge in [-0.25, -0.2) is 0 Å². The summed E-state index contributed by atoms with van der Waals surface area (Å²) in [4.78, 5) is 2.73. The summed E-state index contributed by atoms with van der Waals surface area (Å²) in [5.74, 6) is 0. The van der Waals surface area contributed by atoms with Gasteiger partial charge in [-0.15, -0.1) is 0 Å². The van der Waals surface area contributed by atoms with Crippen LogP contribution in [0.5, 0.6) is 0 Å². The minimum atomic E-state index is 0.466. The third kappa shape index (κ3) is 2.24. The Balaban J connectivity index is 1.76. The zero-order chi connectivity index (χ0) is 11.6. The highest BCUT2D eigenvalue weighted by atomic mass is 15.2. The van der Waals surface area contributed by atoms with E-state index in [9.17, 15) is 0 Å². The molecule has 0 bridgehead atoms. The molecule has 1 aromatic carbocycles. The second-order valence-corrected chi connectivity index (χ2v) is 5.52. The molecule has 0 aliphatic carbocycles. The molecule has 3 rings (SSSR count). The van der Waals surface area contributed by atoms with Gasteiger partial charge in [-0.2, -0.15) is 0 Å². The summed E-state index contributed by atoms with van der Waals surface area (Å²) in [5.41, 5.74) is 1.93. The molecule has 0 saturated carbocycles. The molecule has 1 aromatic rings. The van der Waals surface area contributed by atoms with Gasteiger partial charge in [0.1, 0.15) is 0 Å². The Kier molecular flexibility index (Phi) is 3.17. The summed E-state index contributed by atoms with van der Waals surface area (Å²) >= 11 is 0. The minimum Gasteiger partial charge on any atom is -0.315 e. The van der Waals surface area contributed by atoms with Crippen molar-refractivity contribution in [2.45, 2.75) is 37.8 Å². The van der Waals surface area contributed by atoms with Crippen LogP contribution in [0.4, 0.5) is 0 Å². The van der Waals surface area contributed by atoms with Gasteiger partial charge in [0.05, 0.1) is 0 Å². The predicted molar refractivity (Wildman–Crippen MR) is 70.9 cm³/mol. The number of hydrogen-bond acceptors (Lipinski definition) is 2. The summed E-state index contributed by atoms with van der Waals surface area (Å²) < 4.78 is 0. The topological polar surface area (TPSA) is 15.3 Å². The summed E-state index contributed by atoms with van der Waals surface area (Å²) in [6, 6.07) is 10.9. The smallest absolute Gasteiger partial charge is 0.0349 e. The molecule has 2 aliphatic rings. The lowest BCUT2D eigenvalue weighted by Crippen LogP contribution is -2.52. The van der Waals surface area contributed by atoms with Crippen LogP contribution < -0.4 is 5.32 Å². The number of benzene rings is 1. The highest BCUT2D eigenvalue weighted by molar-refractivity contribution is 5.15. The maximum absolute atomic E-state index is 3.56. The number of rotatable bonds is 2. The number of hydrogen-bond donors (Lipinski definition) is 1. The third-order valence-electron chi connectivity index (χ3n) is 4.43. The lowest BCUT2D eigenvalue weighted by atomic mass is 9.85. The molecule has 1 spiro atoms. The first-order chi connectivity index (χ1) is 8.39. The van der Waals surface area contributed by atoms with Gasteiger partial charge in [-0.05, 0) is 37.9 Å². The molecular weight excluding hydrogens is 208 g/mol. The summed E-state index contributed by atoms with van der Waals surface area (Å²) in [5, 5.41) is 3.56. The molecule has 2 fully saturated rings. The molecule has 1 atom stereocenters. The van der Waals surface area contributed by atoms with E-state index in [1.165, 1.54) is 50.9 Å². The molecule has 0 aromatic heterocycles. The maximum Gasteiger partial charge on any atom is 0.0349 e. The van der Waals surface area contributed by atoms with E-state index >= 15 is 0 Å². The van der Waals surface area contributed by atoms with Gasteiger partial charge in [0.25, 0.3) is 0 Å². The Hall–Kier alpha value is -0.860. The summed E-state index contributed by atoms with van der Waals surface area (Å²) in [6.45, 7) is 4.80. The first-order valence-corrected chi connectivity index (χ1v) is 6.89. The van der Waals surface area contributed by atoms with E-state index in [1.54, 1.807) is 0 Å². The third-order valence-corrected chi connectivity index (χ3v) is 4.43. The zero-order valence-electron chi connectivity index (χ0n) is 10.5. The Morgan fingerprint density at radius 2 is 2.00 bits per heavy atom. The van der Waals surface area contributed by atoms with Crippen LogP contribution in [0.15, 0.2) is 30.3 Å². The van der Waals surface area contributed by atoms with Gasteiger partial charge >= 0.3 is 0 Å². The largest absolute Gasteiger partial charge is 0.315 e. The molecule has 0 amide bonds. The van der Waals surface area contributed by atoms with E-state index in [0.717, 1.165) is 6.54 Å². The number of nitrogens with zero attached hydrogens (tertiary/aromatic N) is 1. The van der Waals surface area contributed by atoms with Crippen LogP contribution in [0.25, 0.3) is 0 Å². The summed E-state index contributed by atoms with van der Waals surface area (Å²) in [6.07, 6.45) is 5.49. The average Bonchev–Trinajstić information content (AvgIpc) is 2.83. The van der Waals surface area contributed by atoms with Crippen molar-refractivity contribution in [1.29, 1.82) is 0 Å². The lowest BCUT2D eigenvalue weighted by Gasteiger charge is -2.44. The second-order valence-electron chi connectivity index (χ2n) is 5.52. The van der Waals surface area contributed by atoms with Gasteiger partial charge in [-0.1, -0.05) is 36.8 Å². The van der Waals surface area contributed by atoms with E-state index in [4.69, 9.17) is 0 Å². The van der Waals surface area contributed by atoms with E-state index in [-0.39, 0.29) is 0 Å². The van der Waals surface area contributed by atoms with Gasteiger partial charge in [0, 0.05) is 18.6 Å². The standard InChI is InChI=1S/C15H22N2/c1-2-6-14(7-3-1)12-17-11-5-4-8-15(17)9-10-16-13-15/h1-3,6-7,16H,4-5,8-13H2/t15-/m0/s1. The van der Waals surface area contributed by atoms with Crippen molar-refractivity contribution in [3.63, 3.8) is 0 Å². The second kappa shape index (κ2) is 4.79. The highest BCUT2D eigenvalue weighted by Gasteiger charge is 2.40. The van der Waals surface area contributed by atoms with Crippen LogP contribution in [-0.4, -0.2) is 30.1 Å². The van der Waals surface area contributed by atoms with E-state index in [1.807, 2.05) is 0 Å². The first-order valence-electron chi connectivity index (χ1n) is 6.89.